The van der Waals surface area contributed by atoms with Gasteiger partial charge >= 0.3 is 0 Å². The van der Waals surface area contributed by atoms with Gasteiger partial charge in [0.2, 0.25) is 11.4 Å². The molecule has 0 radical (unpaired) electrons. The molecule has 3 heterocycles. The highest BCUT2D eigenvalue weighted by atomic mass is 19.1. The predicted molar refractivity (Wildman–Crippen MR) is 73.9 cm³/mol. The zero-order valence-corrected chi connectivity index (χ0v) is 11.9. The molecule has 2 saturated heterocycles. The molecule has 0 spiro atoms. The van der Waals surface area contributed by atoms with Crippen molar-refractivity contribution in [3.8, 4) is 11.3 Å². The number of benzene rings is 1. The van der Waals surface area contributed by atoms with E-state index in [9.17, 15) is 9.60 Å². The van der Waals surface area contributed by atoms with Crippen molar-refractivity contribution in [2.75, 3.05) is 26.3 Å². The number of halogens is 1. The average molecular weight is 305 g/mol. The minimum Gasteiger partial charge on any atom is -0.381 e. The lowest BCUT2D eigenvalue weighted by Gasteiger charge is -2.13. The summed E-state index contributed by atoms with van der Waals surface area (Å²) in [6, 6.07) is 5.77. The molecule has 0 aliphatic carbocycles. The lowest BCUT2D eigenvalue weighted by molar-refractivity contribution is -0.793. The first-order chi connectivity index (χ1) is 10.7. The van der Waals surface area contributed by atoms with Gasteiger partial charge in [-0.05, 0) is 29.2 Å². The lowest BCUT2D eigenvalue weighted by atomic mass is 10.0. The molecule has 22 heavy (non-hydrogen) atoms. The van der Waals surface area contributed by atoms with E-state index in [1.165, 1.54) is 12.1 Å². The van der Waals surface area contributed by atoms with Crippen LogP contribution < -0.4 is 4.90 Å². The minimum atomic E-state index is -0.341. The summed E-state index contributed by atoms with van der Waals surface area (Å²) in [4.78, 5) is 2.66. The highest BCUT2D eigenvalue weighted by molar-refractivity contribution is 5.58. The largest absolute Gasteiger partial charge is 0.381 e. The molecule has 6 nitrogen and oxygen atoms in total. The molecule has 1 aromatic heterocycles. The van der Waals surface area contributed by atoms with Crippen LogP contribution in [-0.4, -0.2) is 36.4 Å². The number of hydrogen-bond donors (Lipinski definition) is 0. The van der Waals surface area contributed by atoms with Crippen LogP contribution in [0.1, 0.15) is 5.69 Å². The van der Waals surface area contributed by atoms with E-state index in [1.54, 1.807) is 12.1 Å². The van der Waals surface area contributed by atoms with Crippen molar-refractivity contribution >= 4 is 0 Å². The van der Waals surface area contributed by atoms with Crippen molar-refractivity contribution < 1.29 is 18.7 Å². The maximum absolute atomic E-state index is 13.0. The third-order valence-corrected chi connectivity index (χ3v) is 4.49. The van der Waals surface area contributed by atoms with Crippen molar-refractivity contribution in [2.45, 2.75) is 6.54 Å². The fourth-order valence-corrected chi connectivity index (χ4v) is 3.38. The second kappa shape index (κ2) is 5.33. The van der Waals surface area contributed by atoms with Gasteiger partial charge in [-0.25, -0.2) is 4.39 Å². The minimum absolute atomic E-state index is 0.341. The van der Waals surface area contributed by atoms with E-state index in [0.29, 0.717) is 40.2 Å². The molecule has 2 aromatic rings. The third-order valence-electron chi connectivity index (χ3n) is 4.49. The summed E-state index contributed by atoms with van der Waals surface area (Å²) >= 11 is 0. The second-order valence-corrected chi connectivity index (χ2v) is 5.98. The topological polar surface area (TPSA) is 65.4 Å². The molecule has 4 rings (SSSR count). The molecule has 0 unspecified atom stereocenters. The third kappa shape index (κ3) is 2.36. The standard InChI is InChI=1S/C15H16FN3O3/c16-13-3-1-10(2-4-13)15-14(17-22-19(15)20)7-18-5-11-8-21-9-12(11)6-18/h1-4,11-12H,5-9H2/t11-,12+. The van der Waals surface area contributed by atoms with Crippen LogP contribution in [0.3, 0.4) is 0 Å². The molecular formula is C15H16FN3O3. The highest BCUT2D eigenvalue weighted by Crippen LogP contribution is 2.31. The fourth-order valence-electron chi connectivity index (χ4n) is 3.38. The van der Waals surface area contributed by atoms with Gasteiger partial charge in [0.25, 0.3) is 0 Å². The summed E-state index contributed by atoms with van der Waals surface area (Å²) in [7, 11) is 0. The van der Waals surface area contributed by atoms with E-state index >= 15 is 0 Å². The summed E-state index contributed by atoms with van der Waals surface area (Å²) in [5, 5.41) is 15.7. The average Bonchev–Trinajstić information content (AvgIpc) is 3.16. The molecule has 0 N–H and O–H groups in total. The maximum atomic E-state index is 13.0. The first-order valence-electron chi connectivity index (χ1n) is 7.35. The van der Waals surface area contributed by atoms with E-state index in [1.807, 2.05) is 0 Å². The molecule has 2 fully saturated rings. The summed E-state index contributed by atoms with van der Waals surface area (Å²) in [5.74, 6) is 0.799. The molecule has 2 atom stereocenters. The van der Waals surface area contributed by atoms with E-state index in [-0.39, 0.29) is 5.82 Å². The quantitative estimate of drug-likeness (QED) is 0.797. The fraction of sp³-hybridized carbons (Fsp3) is 0.467. The van der Waals surface area contributed by atoms with Gasteiger partial charge in [-0.1, -0.05) is 0 Å². The van der Waals surface area contributed by atoms with Crippen LogP contribution >= 0.6 is 0 Å². The Bertz CT molecular complexity index is 661. The Kier molecular flexibility index (Phi) is 3.31. The van der Waals surface area contributed by atoms with Crippen LogP contribution in [0.5, 0.6) is 0 Å². The first-order valence-corrected chi connectivity index (χ1v) is 7.35. The molecule has 7 heteroatoms. The number of fused-ring (bicyclic) bond motifs is 1. The van der Waals surface area contributed by atoms with Crippen molar-refractivity contribution in [2.24, 2.45) is 11.8 Å². The Morgan fingerprint density at radius 2 is 1.91 bits per heavy atom. The monoisotopic (exact) mass is 305 g/mol. The number of aromatic nitrogens is 2. The summed E-state index contributed by atoms with van der Waals surface area (Å²) < 4.78 is 23.3. The van der Waals surface area contributed by atoms with Gasteiger partial charge in [0.15, 0.2) is 0 Å². The second-order valence-electron chi connectivity index (χ2n) is 5.98. The Hall–Kier alpha value is -1.99. The summed E-state index contributed by atoms with van der Waals surface area (Å²) in [5.41, 5.74) is 1.55. The summed E-state index contributed by atoms with van der Waals surface area (Å²) in [6.07, 6.45) is 0. The van der Waals surface area contributed by atoms with Crippen molar-refractivity contribution in [1.29, 1.82) is 0 Å². The van der Waals surface area contributed by atoms with Gasteiger partial charge < -0.3 is 9.94 Å². The number of hydrogen-bond acceptors (Lipinski definition) is 5. The van der Waals surface area contributed by atoms with E-state index in [4.69, 9.17) is 9.37 Å². The molecule has 2 aliphatic heterocycles. The molecule has 0 amide bonds. The molecule has 1 aromatic carbocycles. The van der Waals surface area contributed by atoms with E-state index < -0.39 is 0 Å². The molecule has 0 saturated carbocycles. The van der Waals surface area contributed by atoms with Crippen molar-refractivity contribution in [3.63, 3.8) is 0 Å². The zero-order chi connectivity index (χ0) is 15.1. The van der Waals surface area contributed by atoms with Gasteiger partial charge in [-0.15, -0.1) is 0 Å². The first kappa shape index (κ1) is 13.7. The number of rotatable bonds is 3. The molecule has 0 bridgehead atoms. The summed E-state index contributed by atoms with van der Waals surface area (Å²) in [6.45, 7) is 4.07. The van der Waals surface area contributed by atoms with Gasteiger partial charge in [0.05, 0.1) is 19.8 Å². The van der Waals surface area contributed by atoms with Crippen LogP contribution in [0.15, 0.2) is 28.9 Å². The van der Waals surface area contributed by atoms with Gasteiger partial charge in [-0.3, -0.25) is 9.53 Å². The van der Waals surface area contributed by atoms with Gasteiger partial charge in [-0.2, -0.15) is 0 Å². The SMILES string of the molecule is [O-][n+]1onc(CN2C[C@H]3COC[C@H]3C2)c1-c1ccc(F)cc1. The van der Waals surface area contributed by atoms with Crippen LogP contribution in [0.2, 0.25) is 0 Å². The van der Waals surface area contributed by atoms with E-state index in [0.717, 1.165) is 26.3 Å². The number of likely N-dealkylation sites (tertiary alicyclic amines) is 1. The van der Waals surface area contributed by atoms with Gasteiger partial charge in [0, 0.05) is 35.6 Å². The van der Waals surface area contributed by atoms with Crippen molar-refractivity contribution in [3.05, 3.63) is 41.0 Å². The van der Waals surface area contributed by atoms with Crippen LogP contribution in [0.4, 0.5) is 4.39 Å². The normalized spacial score (nSPS) is 24.8. The van der Waals surface area contributed by atoms with Crippen LogP contribution in [0, 0.1) is 22.9 Å². The predicted octanol–water partition coefficient (Wildman–Crippen LogP) is 1.19. The zero-order valence-electron chi connectivity index (χ0n) is 11.9. The Morgan fingerprint density at radius 1 is 1.23 bits per heavy atom. The Balaban J connectivity index is 1.57. The number of ether oxygens (including phenoxy) is 1. The van der Waals surface area contributed by atoms with Gasteiger partial charge in [0.1, 0.15) is 5.82 Å². The van der Waals surface area contributed by atoms with Crippen molar-refractivity contribution in [1.82, 2.24) is 10.1 Å². The van der Waals surface area contributed by atoms with E-state index in [2.05, 4.69) is 10.1 Å². The Morgan fingerprint density at radius 3 is 2.59 bits per heavy atom. The molecule has 2 aliphatic rings. The Labute approximate surface area is 126 Å². The molecule has 116 valence electrons. The smallest absolute Gasteiger partial charge is 0.240 e. The van der Waals surface area contributed by atoms with Crippen LogP contribution in [-0.2, 0) is 11.3 Å². The lowest BCUT2D eigenvalue weighted by Crippen LogP contribution is -2.27. The van der Waals surface area contributed by atoms with Crippen LogP contribution in [0.25, 0.3) is 11.3 Å². The molecular weight excluding hydrogens is 289 g/mol. The number of nitrogens with zero attached hydrogens (tertiary/aromatic N) is 3. The highest BCUT2D eigenvalue weighted by Gasteiger charge is 2.38. The maximum Gasteiger partial charge on any atom is 0.240 e.